The van der Waals surface area contributed by atoms with Gasteiger partial charge in [0.2, 0.25) is 0 Å². The zero-order valence-corrected chi connectivity index (χ0v) is 10.6. The molecule has 0 amide bonds. The molecule has 94 valence electrons. The summed E-state index contributed by atoms with van der Waals surface area (Å²) >= 11 is 5.71. The number of hydrogen-bond acceptors (Lipinski definition) is 2. The van der Waals surface area contributed by atoms with Crippen LogP contribution in [-0.2, 0) is 11.2 Å². The van der Waals surface area contributed by atoms with E-state index in [0.29, 0.717) is 22.9 Å². The average molecular weight is 258 g/mol. The first-order valence-corrected chi connectivity index (χ1v) is 6.27. The van der Waals surface area contributed by atoms with Crippen molar-refractivity contribution in [3.8, 4) is 0 Å². The van der Waals surface area contributed by atoms with Crippen LogP contribution in [0.15, 0.2) is 18.2 Å². The van der Waals surface area contributed by atoms with Crippen molar-refractivity contribution >= 4 is 11.6 Å². The van der Waals surface area contributed by atoms with Gasteiger partial charge in [-0.25, -0.2) is 4.39 Å². The lowest BCUT2D eigenvalue weighted by atomic mass is 9.89. The largest absolute Gasteiger partial charge is 0.378 e. The van der Waals surface area contributed by atoms with Gasteiger partial charge in [-0.1, -0.05) is 17.7 Å². The summed E-state index contributed by atoms with van der Waals surface area (Å²) in [6.45, 7) is 2.78. The molecule has 3 atom stereocenters. The van der Waals surface area contributed by atoms with Crippen molar-refractivity contribution in [1.29, 1.82) is 0 Å². The highest BCUT2D eigenvalue weighted by Crippen LogP contribution is 2.25. The Bertz CT molecular complexity index is 399. The third kappa shape index (κ3) is 2.97. The molecule has 0 aromatic heterocycles. The van der Waals surface area contributed by atoms with E-state index in [-0.39, 0.29) is 18.0 Å². The van der Waals surface area contributed by atoms with E-state index in [1.54, 1.807) is 12.1 Å². The number of nitrogens with two attached hydrogens (primary N) is 1. The Morgan fingerprint density at radius 2 is 2.35 bits per heavy atom. The monoisotopic (exact) mass is 257 g/mol. The number of benzene rings is 1. The predicted octanol–water partition coefficient (Wildman–Crippen LogP) is 2.77. The molecule has 4 heteroatoms. The van der Waals surface area contributed by atoms with E-state index in [1.165, 1.54) is 6.07 Å². The highest BCUT2D eigenvalue weighted by molar-refractivity contribution is 6.30. The Morgan fingerprint density at radius 3 is 2.94 bits per heavy atom. The molecule has 0 radical (unpaired) electrons. The molecule has 0 aliphatic carbocycles. The maximum atomic E-state index is 13.6. The van der Waals surface area contributed by atoms with Gasteiger partial charge in [0, 0.05) is 23.6 Å². The van der Waals surface area contributed by atoms with E-state index in [4.69, 9.17) is 22.1 Å². The Morgan fingerprint density at radius 1 is 1.59 bits per heavy atom. The highest BCUT2D eigenvalue weighted by atomic mass is 35.5. The number of halogens is 2. The molecule has 1 aromatic carbocycles. The highest BCUT2D eigenvalue weighted by Gasteiger charge is 2.30. The van der Waals surface area contributed by atoms with E-state index < -0.39 is 0 Å². The summed E-state index contributed by atoms with van der Waals surface area (Å²) in [7, 11) is 0. The van der Waals surface area contributed by atoms with Crippen molar-refractivity contribution in [3.63, 3.8) is 0 Å². The summed E-state index contributed by atoms with van der Waals surface area (Å²) in [5, 5.41) is 0.414. The molecule has 0 spiro atoms. The van der Waals surface area contributed by atoms with Gasteiger partial charge < -0.3 is 10.5 Å². The molecule has 1 heterocycles. The lowest BCUT2D eigenvalue weighted by Gasteiger charge is -2.22. The van der Waals surface area contributed by atoms with Crippen molar-refractivity contribution in [2.24, 2.45) is 11.7 Å². The van der Waals surface area contributed by atoms with Crippen LogP contribution in [0.25, 0.3) is 0 Å². The first-order chi connectivity index (χ1) is 8.08. The molecule has 1 aromatic rings. The van der Waals surface area contributed by atoms with E-state index in [0.717, 1.165) is 13.0 Å². The lowest BCUT2D eigenvalue weighted by Crippen LogP contribution is -2.36. The van der Waals surface area contributed by atoms with Crippen LogP contribution in [0.3, 0.4) is 0 Å². The maximum absolute atomic E-state index is 13.6. The fourth-order valence-corrected chi connectivity index (χ4v) is 2.56. The molecule has 17 heavy (non-hydrogen) atoms. The van der Waals surface area contributed by atoms with Crippen LogP contribution < -0.4 is 5.73 Å². The van der Waals surface area contributed by atoms with Gasteiger partial charge in [0.05, 0.1) is 6.10 Å². The average Bonchev–Trinajstić information content (AvgIpc) is 2.68. The van der Waals surface area contributed by atoms with E-state index >= 15 is 0 Å². The minimum absolute atomic E-state index is 0.0665. The van der Waals surface area contributed by atoms with Gasteiger partial charge in [0.1, 0.15) is 5.82 Å². The standard InChI is InChI=1S/C13H17ClFNO/c1-8-11(4-5-17-8)13(16)6-9-2-3-10(14)7-12(9)15/h2-3,7-8,11,13H,4-6,16H2,1H3. The second-order valence-corrected chi connectivity index (χ2v) is 5.07. The van der Waals surface area contributed by atoms with Crippen molar-refractivity contribution < 1.29 is 9.13 Å². The van der Waals surface area contributed by atoms with Crippen molar-refractivity contribution in [2.75, 3.05) is 6.61 Å². The normalized spacial score (nSPS) is 26.1. The minimum atomic E-state index is -0.278. The molecule has 0 bridgehead atoms. The molecule has 2 nitrogen and oxygen atoms in total. The van der Waals surface area contributed by atoms with Crippen LogP contribution in [0.1, 0.15) is 18.9 Å². The molecule has 2 N–H and O–H groups in total. The van der Waals surface area contributed by atoms with Gasteiger partial charge in [-0.05, 0) is 37.5 Å². The van der Waals surface area contributed by atoms with E-state index in [1.807, 2.05) is 6.92 Å². The third-order valence-electron chi connectivity index (χ3n) is 3.46. The Balaban J connectivity index is 2.04. The molecular formula is C13H17ClFNO. The molecule has 3 unspecified atom stereocenters. The Hall–Kier alpha value is -0.640. The number of ether oxygens (including phenoxy) is 1. The van der Waals surface area contributed by atoms with Crippen molar-refractivity contribution in [3.05, 3.63) is 34.6 Å². The van der Waals surface area contributed by atoms with E-state index in [9.17, 15) is 4.39 Å². The number of rotatable bonds is 3. The van der Waals surface area contributed by atoms with E-state index in [2.05, 4.69) is 0 Å². The summed E-state index contributed by atoms with van der Waals surface area (Å²) in [4.78, 5) is 0. The lowest BCUT2D eigenvalue weighted by molar-refractivity contribution is 0.0994. The first-order valence-electron chi connectivity index (χ1n) is 5.89. The molecular weight excluding hydrogens is 241 g/mol. The second-order valence-electron chi connectivity index (χ2n) is 4.63. The fourth-order valence-electron chi connectivity index (χ4n) is 2.40. The van der Waals surface area contributed by atoms with Crippen molar-refractivity contribution in [2.45, 2.75) is 31.9 Å². The zero-order valence-electron chi connectivity index (χ0n) is 9.83. The van der Waals surface area contributed by atoms with Crippen LogP contribution in [0.5, 0.6) is 0 Å². The topological polar surface area (TPSA) is 35.2 Å². The fraction of sp³-hybridized carbons (Fsp3) is 0.538. The molecule has 1 saturated heterocycles. The zero-order chi connectivity index (χ0) is 12.4. The summed E-state index contributed by atoms with van der Waals surface area (Å²) in [6.07, 6.45) is 1.65. The van der Waals surface area contributed by atoms with Crippen LogP contribution in [0.2, 0.25) is 5.02 Å². The predicted molar refractivity (Wildman–Crippen MR) is 66.6 cm³/mol. The Labute approximate surface area is 106 Å². The first kappa shape index (κ1) is 12.8. The molecule has 1 aliphatic rings. The van der Waals surface area contributed by atoms with Crippen LogP contribution >= 0.6 is 11.6 Å². The molecule has 1 aliphatic heterocycles. The van der Waals surface area contributed by atoms with Crippen LogP contribution in [-0.4, -0.2) is 18.8 Å². The van der Waals surface area contributed by atoms with Gasteiger partial charge in [-0.2, -0.15) is 0 Å². The summed E-state index contributed by atoms with van der Waals surface area (Å²) in [6, 6.07) is 4.67. The quantitative estimate of drug-likeness (QED) is 0.904. The molecule has 1 fully saturated rings. The second kappa shape index (κ2) is 5.34. The maximum Gasteiger partial charge on any atom is 0.127 e. The summed E-state index contributed by atoms with van der Waals surface area (Å²) in [5.41, 5.74) is 6.75. The summed E-state index contributed by atoms with van der Waals surface area (Å²) in [5.74, 6) is 0.0320. The smallest absolute Gasteiger partial charge is 0.127 e. The minimum Gasteiger partial charge on any atom is -0.378 e. The van der Waals surface area contributed by atoms with Gasteiger partial charge >= 0.3 is 0 Å². The van der Waals surface area contributed by atoms with Gasteiger partial charge in [-0.15, -0.1) is 0 Å². The summed E-state index contributed by atoms with van der Waals surface area (Å²) < 4.78 is 19.1. The van der Waals surface area contributed by atoms with Gasteiger partial charge in [-0.3, -0.25) is 0 Å². The van der Waals surface area contributed by atoms with Crippen LogP contribution in [0, 0.1) is 11.7 Å². The third-order valence-corrected chi connectivity index (χ3v) is 3.69. The van der Waals surface area contributed by atoms with Crippen molar-refractivity contribution in [1.82, 2.24) is 0 Å². The SMILES string of the molecule is CC1OCCC1C(N)Cc1ccc(Cl)cc1F. The van der Waals surface area contributed by atoms with Gasteiger partial charge in [0.15, 0.2) is 0 Å². The number of hydrogen-bond donors (Lipinski definition) is 1. The Kier molecular flexibility index (Phi) is 4.02. The van der Waals surface area contributed by atoms with Gasteiger partial charge in [0.25, 0.3) is 0 Å². The molecule has 2 rings (SSSR count). The van der Waals surface area contributed by atoms with Crippen LogP contribution in [0.4, 0.5) is 4.39 Å². The molecule has 0 saturated carbocycles.